The molecule has 0 aliphatic carbocycles. The van der Waals surface area contributed by atoms with Crippen molar-refractivity contribution in [3.8, 4) is 11.5 Å². The molecule has 2 heterocycles. The maximum Gasteiger partial charge on any atom is 0.227 e. The molecule has 188 valence electrons. The molecule has 1 aromatic heterocycles. The maximum atomic E-state index is 11.2. The van der Waals surface area contributed by atoms with Crippen molar-refractivity contribution in [1.29, 1.82) is 0 Å². The number of benzene rings is 2. The summed E-state index contributed by atoms with van der Waals surface area (Å²) in [4.78, 5) is 24.8. The molecule has 1 N–H and O–H groups in total. The average molecular weight is 508 g/mol. The molecule has 3 aromatic rings. The van der Waals surface area contributed by atoms with E-state index >= 15 is 0 Å². The topological polar surface area (TPSA) is 79.8 Å². The highest BCUT2D eigenvalue weighted by Crippen LogP contribution is 2.33. The third-order valence-electron chi connectivity index (χ3n) is 6.28. The zero-order valence-electron chi connectivity index (χ0n) is 20.8. The molecule has 1 fully saturated rings. The number of likely N-dealkylation sites (N-methyl/N-ethyl adjacent to an activating group) is 1. The molecule has 0 spiro atoms. The third kappa shape index (κ3) is 5.61. The second-order valence-electron chi connectivity index (χ2n) is 8.64. The van der Waals surface area contributed by atoms with Crippen LogP contribution in [0.1, 0.15) is 27.0 Å². The smallest absolute Gasteiger partial charge is 0.227 e. The molecule has 1 aliphatic heterocycles. The summed E-state index contributed by atoms with van der Waals surface area (Å²) in [6.45, 7) is 10.2. The van der Waals surface area contributed by atoms with Gasteiger partial charge >= 0.3 is 0 Å². The van der Waals surface area contributed by atoms with Crippen LogP contribution >= 0.6 is 11.6 Å². The van der Waals surface area contributed by atoms with Crippen molar-refractivity contribution in [3.05, 3.63) is 70.5 Å². The summed E-state index contributed by atoms with van der Waals surface area (Å²) in [6, 6.07) is 7.47. The van der Waals surface area contributed by atoms with Gasteiger partial charge in [-0.3, -0.25) is 4.79 Å². The second kappa shape index (κ2) is 11.4. The number of ether oxygens (including phenoxy) is 2. The molecule has 0 radical (unpaired) electrons. The monoisotopic (exact) mass is 507 g/mol. The number of aromatic nitrogens is 2. The highest BCUT2D eigenvalue weighted by molar-refractivity contribution is 6.33. The number of carbonyl (C=O) groups is 1. The first-order valence-corrected chi connectivity index (χ1v) is 12.0. The molecule has 2 aromatic carbocycles. The lowest BCUT2D eigenvalue weighted by molar-refractivity contribution is 0.112. The maximum absolute atomic E-state index is 11.2. The van der Waals surface area contributed by atoms with E-state index in [1.807, 2.05) is 6.08 Å². The summed E-state index contributed by atoms with van der Waals surface area (Å²) < 4.78 is 11.1. The van der Waals surface area contributed by atoms with E-state index in [2.05, 4.69) is 57.8 Å². The minimum atomic E-state index is 0.139. The Morgan fingerprint density at radius 1 is 1.17 bits per heavy atom. The Morgan fingerprint density at radius 2 is 1.89 bits per heavy atom. The molecule has 0 amide bonds. The molecule has 0 atom stereocenters. The van der Waals surface area contributed by atoms with Crippen molar-refractivity contribution in [3.63, 3.8) is 0 Å². The van der Waals surface area contributed by atoms with Gasteiger partial charge in [0, 0.05) is 43.0 Å². The molecule has 0 saturated carbocycles. The van der Waals surface area contributed by atoms with Crippen LogP contribution < -0.4 is 19.7 Å². The van der Waals surface area contributed by atoms with Crippen molar-refractivity contribution < 1.29 is 14.3 Å². The predicted molar refractivity (Wildman–Crippen MR) is 144 cm³/mol. The number of carbonyl (C=O) groups excluding carboxylic acids is 1. The van der Waals surface area contributed by atoms with Gasteiger partial charge in [0.15, 0.2) is 5.75 Å². The van der Waals surface area contributed by atoms with E-state index in [0.717, 1.165) is 49.3 Å². The molecule has 9 heteroatoms. The minimum Gasteiger partial charge on any atom is -0.495 e. The standard InChI is InChI=1S/C27H30ClN5O3/c1-5-20-6-7-23(33-10-8-32(3)9-11-33)18(2)26(20)31-27-29-14-22(15-30-27)36-17-21-12-19(16-34)13-24(35-4)25(21)28/h5-7,12-16H,1,8-11,17H2,2-4H3,(H,29,30,31). The Kier molecular flexibility index (Phi) is 8.07. The summed E-state index contributed by atoms with van der Waals surface area (Å²) in [6.07, 6.45) is 5.75. The van der Waals surface area contributed by atoms with Gasteiger partial charge < -0.3 is 24.6 Å². The Bertz CT molecular complexity index is 1240. The molecular formula is C27H30ClN5O3. The van der Waals surface area contributed by atoms with Crippen molar-refractivity contribution in [1.82, 2.24) is 14.9 Å². The number of methoxy groups -OCH3 is 1. The number of rotatable bonds is 9. The number of nitrogens with one attached hydrogen (secondary N) is 1. The van der Waals surface area contributed by atoms with Crippen LogP contribution in [0, 0.1) is 6.92 Å². The van der Waals surface area contributed by atoms with Crippen molar-refractivity contribution in [2.45, 2.75) is 13.5 Å². The summed E-state index contributed by atoms with van der Waals surface area (Å²) in [5.41, 5.74) is 5.32. The molecule has 1 aliphatic rings. The zero-order valence-corrected chi connectivity index (χ0v) is 21.5. The van der Waals surface area contributed by atoms with Crippen LogP contribution in [0.15, 0.2) is 43.2 Å². The van der Waals surface area contributed by atoms with E-state index in [-0.39, 0.29) is 6.61 Å². The summed E-state index contributed by atoms with van der Waals surface area (Å²) in [5.74, 6) is 1.34. The van der Waals surface area contributed by atoms with Gasteiger partial charge in [0.05, 0.1) is 30.2 Å². The Balaban J connectivity index is 1.49. The van der Waals surface area contributed by atoms with Gasteiger partial charge in [-0.1, -0.05) is 30.3 Å². The number of anilines is 3. The molecule has 1 saturated heterocycles. The van der Waals surface area contributed by atoms with Gasteiger partial charge in [0.2, 0.25) is 5.95 Å². The van der Waals surface area contributed by atoms with E-state index in [1.54, 1.807) is 24.5 Å². The molecule has 0 unspecified atom stereocenters. The fraction of sp³-hybridized carbons (Fsp3) is 0.296. The number of piperazine rings is 1. The molecule has 8 nitrogen and oxygen atoms in total. The quantitative estimate of drug-likeness (QED) is 0.406. The van der Waals surface area contributed by atoms with Crippen LogP contribution in [-0.2, 0) is 6.61 Å². The first-order chi connectivity index (χ1) is 17.4. The number of aldehydes is 1. The molecular weight excluding hydrogens is 478 g/mol. The fourth-order valence-corrected chi connectivity index (χ4v) is 4.42. The van der Waals surface area contributed by atoms with E-state index in [4.69, 9.17) is 21.1 Å². The number of hydrogen-bond donors (Lipinski definition) is 1. The van der Waals surface area contributed by atoms with Crippen LogP contribution in [0.3, 0.4) is 0 Å². The van der Waals surface area contributed by atoms with Crippen molar-refractivity contribution in [2.75, 3.05) is 50.6 Å². The Hall–Kier alpha value is -3.62. The van der Waals surface area contributed by atoms with Crippen molar-refractivity contribution in [2.24, 2.45) is 0 Å². The summed E-state index contributed by atoms with van der Waals surface area (Å²) >= 11 is 6.36. The lowest BCUT2D eigenvalue weighted by Gasteiger charge is -2.35. The fourth-order valence-electron chi connectivity index (χ4n) is 4.18. The predicted octanol–water partition coefficient (Wildman–Crippen LogP) is 4.98. The highest BCUT2D eigenvalue weighted by Gasteiger charge is 2.19. The molecule has 4 rings (SSSR count). The van der Waals surface area contributed by atoms with Gasteiger partial charge in [0.1, 0.15) is 18.6 Å². The average Bonchev–Trinajstić information content (AvgIpc) is 2.90. The lowest BCUT2D eigenvalue weighted by Crippen LogP contribution is -2.44. The summed E-state index contributed by atoms with van der Waals surface area (Å²) in [5, 5.41) is 3.76. The van der Waals surface area contributed by atoms with Crippen LogP contribution in [-0.4, -0.2) is 61.5 Å². The van der Waals surface area contributed by atoms with Gasteiger partial charge in [-0.25, -0.2) is 9.97 Å². The number of hydrogen-bond acceptors (Lipinski definition) is 8. The van der Waals surface area contributed by atoms with Crippen LogP contribution in [0.2, 0.25) is 5.02 Å². The van der Waals surface area contributed by atoms with E-state index in [1.165, 1.54) is 12.8 Å². The van der Waals surface area contributed by atoms with E-state index in [0.29, 0.717) is 33.6 Å². The Labute approximate surface area is 216 Å². The van der Waals surface area contributed by atoms with Crippen LogP contribution in [0.25, 0.3) is 6.08 Å². The minimum absolute atomic E-state index is 0.139. The Morgan fingerprint density at radius 3 is 2.53 bits per heavy atom. The third-order valence-corrected chi connectivity index (χ3v) is 6.71. The van der Waals surface area contributed by atoms with Gasteiger partial charge in [-0.05, 0) is 43.3 Å². The summed E-state index contributed by atoms with van der Waals surface area (Å²) in [7, 11) is 3.65. The van der Waals surface area contributed by atoms with Crippen LogP contribution in [0.5, 0.6) is 11.5 Å². The number of halogens is 1. The van der Waals surface area contributed by atoms with E-state index < -0.39 is 0 Å². The number of nitrogens with zero attached hydrogens (tertiary/aromatic N) is 4. The largest absolute Gasteiger partial charge is 0.495 e. The zero-order chi connectivity index (χ0) is 25.7. The van der Waals surface area contributed by atoms with Crippen LogP contribution in [0.4, 0.5) is 17.3 Å². The normalized spacial score (nSPS) is 13.8. The first kappa shape index (κ1) is 25.5. The van der Waals surface area contributed by atoms with Gasteiger partial charge in [-0.15, -0.1) is 0 Å². The van der Waals surface area contributed by atoms with Gasteiger partial charge in [0.25, 0.3) is 0 Å². The molecule has 0 bridgehead atoms. The first-order valence-electron chi connectivity index (χ1n) is 11.7. The lowest BCUT2D eigenvalue weighted by atomic mass is 10.0. The van der Waals surface area contributed by atoms with Crippen molar-refractivity contribution >= 4 is 41.3 Å². The second-order valence-corrected chi connectivity index (χ2v) is 9.02. The highest BCUT2D eigenvalue weighted by atomic mass is 35.5. The van der Waals surface area contributed by atoms with E-state index in [9.17, 15) is 4.79 Å². The van der Waals surface area contributed by atoms with Gasteiger partial charge in [-0.2, -0.15) is 0 Å². The SMILES string of the molecule is C=Cc1ccc(N2CCN(C)CC2)c(C)c1Nc1ncc(OCc2cc(C=O)cc(OC)c2Cl)cn1. The molecule has 36 heavy (non-hydrogen) atoms.